The number of phenols is 2. The molecule has 0 aliphatic heterocycles. The van der Waals surface area contributed by atoms with Crippen molar-refractivity contribution in [3.05, 3.63) is 65.2 Å². The van der Waals surface area contributed by atoms with Gasteiger partial charge in [-0.15, -0.1) is 23.8 Å². The van der Waals surface area contributed by atoms with Gasteiger partial charge in [0.2, 0.25) is 0 Å². The number of aromatic hydroxyl groups is 2. The van der Waals surface area contributed by atoms with Gasteiger partial charge in [-0.3, -0.25) is 0 Å². The Labute approximate surface area is 141 Å². The number of phenolic OH excluding ortho intramolecular Hbond substituents is 2. The van der Waals surface area contributed by atoms with Crippen LogP contribution in [0.4, 0.5) is 0 Å². The quantitative estimate of drug-likeness (QED) is 0.517. The van der Waals surface area contributed by atoms with Crippen LogP contribution < -0.4 is 0 Å². The van der Waals surface area contributed by atoms with E-state index in [1.54, 1.807) is 36.4 Å². The van der Waals surface area contributed by atoms with Gasteiger partial charge < -0.3 is 10.2 Å². The summed E-state index contributed by atoms with van der Waals surface area (Å²) in [4.78, 5) is 0. The second-order valence-corrected chi connectivity index (χ2v) is 3.99. The van der Waals surface area contributed by atoms with Gasteiger partial charge in [0.25, 0.3) is 0 Å². The summed E-state index contributed by atoms with van der Waals surface area (Å²) in [5, 5.41) is 27.3. The molecule has 0 saturated carbocycles. The number of hydrogen-bond acceptors (Lipinski definition) is 3. The molecule has 2 aromatic rings. The Morgan fingerprint density at radius 3 is 2.50 bits per heavy atom. The van der Waals surface area contributed by atoms with Crippen molar-refractivity contribution in [2.24, 2.45) is 0 Å². The summed E-state index contributed by atoms with van der Waals surface area (Å²) in [6.45, 7) is 0. The molecular weight excluding hydrogens is 476 g/mol. The monoisotopic (exact) mass is 487 g/mol. The normalized spacial score (nSPS) is 9.95. The summed E-state index contributed by atoms with van der Waals surface area (Å²) in [6, 6.07) is 14.7. The summed E-state index contributed by atoms with van der Waals surface area (Å²) >= 11 is 0. The average molecular weight is 487 g/mol. The fraction of sp³-hybridized carbons (Fsp3) is 0.0625. The van der Waals surface area contributed by atoms with Crippen LogP contribution in [0.3, 0.4) is 0 Å². The van der Waals surface area contributed by atoms with E-state index >= 15 is 0 Å². The second-order valence-electron chi connectivity index (χ2n) is 3.99. The molecule has 0 saturated heterocycles. The van der Waals surface area contributed by atoms with E-state index in [1.165, 1.54) is 6.07 Å². The van der Waals surface area contributed by atoms with E-state index in [-0.39, 0.29) is 49.0 Å². The van der Waals surface area contributed by atoms with Crippen LogP contribution in [0, 0.1) is 54.6 Å². The van der Waals surface area contributed by atoms with Crippen LogP contribution in [0.2, 0.25) is 0 Å². The molecule has 3 nitrogen and oxygen atoms in total. The van der Waals surface area contributed by atoms with Gasteiger partial charge in [0.15, 0.2) is 0 Å². The van der Waals surface area contributed by atoms with Crippen LogP contribution in [-0.4, -0.2) is 10.2 Å². The third-order valence-corrected chi connectivity index (χ3v) is 2.46. The molecule has 2 rings (SSSR count). The maximum absolute atomic E-state index is 9.54. The van der Waals surface area contributed by atoms with E-state index in [9.17, 15) is 5.11 Å². The Balaban J connectivity index is 0.00000200. The maximum Gasteiger partial charge on any atom is 2.00 e. The molecule has 0 aliphatic carbocycles. The first-order chi connectivity index (χ1) is 9.17. The number of rotatable bonds is 3. The first-order valence-corrected chi connectivity index (χ1v) is 5.68. The molecule has 0 atom stereocenters. The van der Waals surface area contributed by atoms with Crippen molar-refractivity contribution in [1.82, 2.24) is 0 Å². The van der Waals surface area contributed by atoms with E-state index < -0.39 is 0 Å². The maximum atomic E-state index is 9.54. The molecule has 2 N–H and O–H groups in total. The van der Waals surface area contributed by atoms with Gasteiger partial charge in [-0.05, 0) is 0 Å². The molecule has 20 heavy (non-hydrogen) atoms. The molecule has 0 aromatic heterocycles. The van der Waals surface area contributed by atoms with Crippen molar-refractivity contribution >= 4 is 6.08 Å². The van der Waals surface area contributed by atoms with Gasteiger partial charge in [0.1, 0.15) is 0 Å². The Bertz CT molecular complexity index is 643. The number of nitrogens with zero attached hydrogens (tertiary/aromatic N) is 1. The van der Waals surface area contributed by atoms with Crippen molar-refractivity contribution in [2.75, 3.05) is 0 Å². The number of benzene rings is 2. The minimum Gasteiger partial charge on any atom is -0.528 e. The average Bonchev–Trinajstić information content (AvgIpc) is 2.38. The third-order valence-electron chi connectivity index (χ3n) is 2.46. The van der Waals surface area contributed by atoms with Gasteiger partial charge in [0.05, 0.1) is 11.8 Å². The topological polar surface area (TPSA) is 64.2 Å². The molecule has 96 valence electrons. The van der Waals surface area contributed by atoms with Crippen LogP contribution >= 0.6 is 0 Å². The molecule has 0 radical (unpaired) electrons. The van der Waals surface area contributed by atoms with Crippen LogP contribution in [-0.2, 0) is 6.42 Å². The zero-order valence-electron chi connectivity index (χ0n) is 10.6. The standard InChI is InChI=1S/C16H11NO2.U/c17-8-7-14-9-13(10-16(19)11-14)2-1-12-3-5-15(18)6-4-12;/h2-6,10-11,18-19H,7H2;/q-2;+2. The van der Waals surface area contributed by atoms with Crippen LogP contribution in [0.1, 0.15) is 16.7 Å². The van der Waals surface area contributed by atoms with E-state index in [4.69, 9.17) is 10.4 Å². The Kier molecular flexibility index (Phi) is 6.39. The van der Waals surface area contributed by atoms with Gasteiger partial charge >= 0.3 is 31.1 Å². The molecule has 2 aromatic carbocycles. The first kappa shape index (κ1) is 16.4. The molecule has 0 amide bonds. The van der Waals surface area contributed by atoms with Crippen molar-refractivity contribution < 1.29 is 41.3 Å². The number of nitriles is 1. The molecule has 4 heteroatoms. The van der Waals surface area contributed by atoms with E-state index in [1.807, 2.05) is 6.07 Å². The van der Waals surface area contributed by atoms with Crippen molar-refractivity contribution in [2.45, 2.75) is 6.42 Å². The summed E-state index contributed by atoms with van der Waals surface area (Å²) < 4.78 is 0. The van der Waals surface area contributed by atoms with Crippen LogP contribution in [0.5, 0.6) is 11.5 Å². The van der Waals surface area contributed by atoms with Crippen molar-refractivity contribution in [3.8, 4) is 17.6 Å². The van der Waals surface area contributed by atoms with E-state index in [0.29, 0.717) is 11.1 Å². The molecule has 0 fully saturated rings. The Hall–Kier alpha value is -1.68. The van der Waals surface area contributed by atoms with Crippen molar-refractivity contribution in [3.63, 3.8) is 0 Å². The minimum absolute atomic E-state index is 0. The Morgan fingerprint density at radius 2 is 1.85 bits per heavy atom. The van der Waals surface area contributed by atoms with E-state index in [0.717, 1.165) is 5.56 Å². The first-order valence-electron chi connectivity index (χ1n) is 5.68. The zero-order chi connectivity index (χ0) is 13.7. The molecule has 0 aliphatic rings. The molecule has 0 heterocycles. The fourth-order valence-corrected chi connectivity index (χ4v) is 1.61. The van der Waals surface area contributed by atoms with E-state index in [2.05, 4.69) is 12.1 Å². The predicted octanol–water partition coefficient (Wildman–Crippen LogP) is 2.83. The zero-order valence-corrected chi connectivity index (χ0v) is 14.8. The predicted molar refractivity (Wildman–Crippen MR) is 71.2 cm³/mol. The molecular formula is C16H11NO2U. The molecule has 0 unspecified atom stereocenters. The summed E-state index contributed by atoms with van der Waals surface area (Å²) in [6.07, 6.45) is 4.90. The largest absolute Gasteiger partial charge is 2.00 e. The van der Waals surface area contributed by atoms with Gasteiger partial charge in [-0.1, -0.05) is 18.2 Å². The Morgan fingerprint density at radius 1 is 1.15 bits per heavy atom. The number of hydrogen-bond donors (Lipinski definition) is 2. The second kappa shape index (κ2) is 7.80. The molecule has 0 spiro atoms. The van der Waals surface area contributed by atoms with Gasteiger partial charge in [-0.2, -0.15) is 23.0 Å². The summed E-state index contributed by atoms with van der Waals surface area (Å²) in [5.41, 5.74) is 2.09. The minimum atomic E-state index is 0. The summed E-state index contributed by atoms with van der Waals surface area (Å²) in [7, 11) is 0. The van der Waals surface area contributed by atoms with Gasteiger partial charge in [-0.25, -0.2) is 11.6 Å². The third kappa shape index (κ3) is 4.78. The van der Waals surface area contributed by atoms with Crippen LogP contribution in [0.25, 0.3) is 6.08 Å². The van der Waals surface area contributed by atoms with Gasteiger partial charge in [0, 0.05) is 12.2 Å². The SMILES string of the molecule is N#CCc1[c-]c(C=[C-]c2ccc(O)cc2)cc(O)c1.[U+2]. The smallest absolute Gasteiger partial charge is 0.528 e. The van der Waals surface area contributed by atoms with Crippen LogP contribution in [0.15, 0.2) is 36.4 Å². The fourth-order valence-electron chi connectivity index (χ4n) is 1.61. The van der Waals surface area contributed by atoms with Crippen molar-refractivity contribution in [1.29, 1.82) is 5.26 Å². The molecule has 0 bridgehead atoms. The summed E-state index contributed by atoms with van der Waals surface area (Å²) in [5.74, 6) is 0.300.